The number of amides is 1. The zero-order chi connectivity index (χ0) is 23.3. The zero-order valence-electron chi connectivity index (χ0n) is 19.8. The molecular weight excluding hydrogens is 541 g/mol. The second-order valence-corrected chi connectivity index (χ2v) is 7.57. The number of nitrogens with one attached hydrogen (secondary N) is 3. The van der Waals surface area contributed by atoms with Gasteiger partial charge >= 0.3 is 0 Å². The smallest absolute Gasteiger partial charge is 0.246 e. The van der Waals surface area contributed by atoms with Gasteiger partial charge in [0.25, 0.3) is 0 Å². The highest BCUT2D eigenvalue weighted by molar-refractivity contribution is 14.0. The minimum Gasteiger partial charge on any atom is -0.372 e. The van der Waals surface area contributed by atoms with Gasteiger partial charge in [0.1, 0.15) is 6.54 Å². The number of hydrogen-bond donors (Lipinski definition) is 3. The van der Waals surface area contributed by atoms with Gasteiger partial charge in [0.05, 0.1) is 0 Å². The predicted octanol–water partition coefficient (Wildman–Crippen LogP) is 3.72. The molecule has 0 radical (unpaired) electrons. The number of guanidine groups is 1. The van der Waals surface area contributed by atoms with Crippen molar-refractivity contribution in [1.29, 1.82) is 0 Å². The fourth-order valence-corrected chi connectivity index (χ4v) is 3.49. The number of carbonyl (C=O) groups excluding carboxylic acids is 1. The highest BCUT2D eigenvalue weighted by Gasteiger charge is 2.06. The van der Waals surface area contributed by atoms with Crippen LogP contribution in [0.1, 0.15) is 18.9 Å². The molecule has 0 saturated carbocycles. The summed E-state index contributed by atoms with van der Waals surface area (Å²) in [4.78, 5) is 18.9. The summed E-state index contributed by atoms with van der Waals surface area (Å²) in [7, 11) is 1.77. The fraction of sp³-hybridized carbons (Fsp3) is 0.320. The maximum absolute atomic E-state index is 12.2. The van der Waals surface area contributed by atoms with Crippen LogP contribution in [0.3, 0.4) is 0 Å². The molecule has 1 aromatic heterocycles. The van der Waals surface area contributed by atoms with E-state index in [1.54, 1.807) is 30.2 Å². The second-order valence-electron chi connectivity index (χ2n) is 7.57. The number of halogens is 1. The quantitative estimate of drug-likeness (QED) is 0.141. The van der Waals surface area contributed by atoms with Crippen molar-refractivity contribution in [2.75, 3.05) is 36.9 Å². The summed E-state index contributed by atoms with van der Waals surface area (Å²) in [6, 6.07) is 20.1. The van der Waals surface area contributed by atoms with Gasteiger partial charge in [0.15, 0.2) is 5.96 Å². The standard InChI is InChI=1S/C25H33N7O.HI/c1-3-31(23-12-5-4-6-13-23)16-8-14-27-25(26-2)28-19-21-10-7-11-22(18-21)30-24(33)20-32-17-9-15-29-32;/h4-7,9-13,15,17-18H,3,8,14,16,19-20H2,1-2H3,(H,30,33)(H2,26,27,28);1H. The molecule has 3 aromatic rings. The monoisotopic (exact) mass is 575 g/mol. The molecule has 1 amide bonds. The SMILES string of the molecule is CCN(CCCNC(=NC)NCc1cccc(NC(=O)Cn2cccn2)c1)c1ccccc1.I. The number of rotatable bonds is 11. The van der Waals surface area contributed by atoms with Gasteiger partial charge in [0.2, 0.25) is 5.91 Å². The van der Waals surface area contributed by atoms with Crippen molar-refractivity contribution in [3.05, 3.63) is 78.6 Å². The number of para-hydroxylation sites is 1. The Morgan fingerprint density at radius 3 is 2.62 bits per heavy atom. The maximum atomic E-state index is 12.2. The van der Waals surface area contributed by atoms with Crippen molar-refractivity contribution in [2.45, 2.75) is 26.4 Å². The molecular formula is C25H34IN7O. The molecule has 0 aliphatic heterocycles. The molecule has 8 nitrogen and oxygen atoms in total. The van der Waals surface area contributed by atoms with Crippen LogP contribution >= 0.6 is 24.0 Å². The second kappa shape index (κ2) is 14.9. The molecule has 0 spiro atoms. The number of benzene rings is 2. The van der Waals surface area contributed by atoms with Gasteiger partial charge in [-0.25, -0.2) is 0 Å². The first-order valence-electron chi connectivity index (χ1n) is 11.3. The third-order valence-electron chi connectivity index (χ3n) is 5.16. The lowest BCUT2D eigenvalue weighted by atomic mass is 10.2. The van der Waals surface area contributed by atoms with E-state index in [1.807, 2.05) is 30.3 Å². The summed E-state index contributed by atoms with van der Waals surface area (Å²) >= 11 is 0. The number of aliphatic imine (C=N–C) groups is 1. The van der Waals surface area contributed by atoms with Crippen LogP contribution < -0.4 is 20.9 Å². The number of nitrogens with zero attached hydrogens (tertiary/aromatic N) is 4. The number of aromatic nitrogens is 2. The lowest BCUT2D eigenvalue weighted by Gasteiger charge is -2.23. The third-order valence-corrected chi connectivity index (χ3v) is 5.16. The van der Waals surface area contributed by atoms with Crippen LogP contribution in [0.25, 0.3) is 0 Å². The average Bonchev–Trinajstić information content (AvgIpc) is 3.34. The first kappa shape index (κ1) is 27.2. The Balaban J connectivity index is 0.00000408. The van der Waals surface area contributed by atoms with Gasteiger partial charge in [-0.15, -0.1) is 24.0 Å². The lowest BCUT2D eigenvalue weighted by Crippen LogP contribution is -2.38. The Hall–Kier alpha value is -3.08. The predicted molar refractivity (Wildman–Crippen MR) is 150 cm³/mol. The average molecular weight is 575 g/mol. The summed E-state index contributed by atoms with van der Waals surface area (Å²) in [6.07, 6.45) is 4.42. The molecule has 1 heterocycles. The van der Waals surface area contributed by atoms with Gasteiger partial charge in [-0.2, -0.15) is 5.10 Å². The van der Waals surface area contributed by atoms with E-state index in [-0.39, 0.29) is 36.4 Å². The molecule has 0 saturated heterocycles. The summed E-state index contributed by atoms with van der Waals surface area (Å²) in [6.45, 7) is 5.75. The van der Waals surface area contributed by atoms with Crippen molar-refractivity contribution >= 4 is 47.2 Å². The largest absolute Gasteiger partial charge is 0.372 e. The topological polar surface area (TPSA) is 86.6 Å². The van der Waals surface area contributed by atoms with E-state index in [1.165, 1.54) is 5.69 Å². The Morgan fingerprint density at radius 1 is 1.09 bits per heavy atom. The number of anilines is 2. The van der Waals surface area contributed by atoms with Crippen LogP contribution in [0.5, 0.6) is 0 Å². The molecule has 3 N–H and O–H groups in total. The van der Waals surface area contributed by atoms with Gasteiger partial charge in [0, 0.05) is 57.0 Å². The lowest BCUT2D eigenvalue weighted by molar-refractivity contribution is -0.116. The molecule has 0 bridgehead atoms. The van der Waals surface area contributed by atoms with Crippen LogP contribution in [0.15, 0.2) is 78.0 Å². The Bertz CT molecular complexity index is 1010. The minimum atomic E-state index is -0.113. The summed E-state index contributed by atoms with van der Waals surface area (Å²) in [5.74, 6) is 0.642. The van der Waals surface area contributed by atoms with Crippen molar-refractivity contribution in [1.82, 2.24) is 20.4 Å². The van der Waals surface area contributed by atoms with E-state index < -0.39 is 0 Å². The molecule has 0 atom stereocenters. The molecule has 0 fully saturated rings. The van der Waals surface area contributed by atoms with E-state index >= 15 is 0 Å². The molecule has 0 unspecified atom stereocenters. The van der Waals surface area contributed by atoms with E-state index in [4.69, 9.17) is 0 Å². The van der Waals surface area contributed by atoms with E-state index in [2.05, 4.69) is 62.1 Å². The molecule has 0 aliphatic carbocycles. The van der Waals surface area contributed by atoms with Gasteiger partial charge in [-0.1, -0.05) is 30.3 Å². The molecule has 3 rings (SSSR count). The number of hydrogen-bond acceptors (Lipinski definition) is 4. The summed E-state index contributed by atoms with van der Waals surface area (Å²) in [5.41, 5.74) is 3.06. The minimum absolute atomic E-state index is 0. The van der Waals surface area contributed by atoms with Crippen LogP contribution in [-0.4, -0.2) is 48.3 Å². The van der Waals surface area contributed by atoms with E-state index in [0.29, 0.717) is 6.54 Å². The Kier molecular flexibility index (Phi) is 11.9. The van der Waals surface area contributed by atoms with Gasteiger partial charge in [-0.3, -0.25) is 14.5 Å². The van der Waals surface area contributed by atoms with Crippen LogP contribution in [0.4, 0.5) is 11.4 Å². The van der Waals surface area contributed by atoms with Crippen LogP contribution in [0, 0.1) is 0 Å². The van der Waals surface area contributed by atoms with Crippen molar-refractivity contribution in [3.8, 4) is 0 Å². The van der Waals surface area contributed by atoms with Crippen LogP contribution in [0.2, 0.25) is 0 Å². The highest BCUT2D eigenvalue weighted by atomic mass is 127. The first-order chi connectivity index (χ1) is 16.2. The Labute approximate surface area is 218 Å². The van der Waals surface area contributed by atoms with Gasteiger partial charge in [-0.05, 0) is 49.2 Å². The highest BCUT2D eigenvalue weighted by Crippen LogP contribution is 2.13. The molecule has 9 heteroatoms. The van der Waals surface area contributed by atoms with Crippen molar-refractivity contribution in [3.63, 3.8) is 0 Å². The first-order valence-corrected chi connectivity index (χ1v) is 11.3. The molecule has 0 aliphatic rings. The van der Waals surface area contributed by atoms with Crippen molar-refractivity contribution < 1.29 is 4.79 Å². The Morgan fingerprint density at radius 2 is 1.91 bits per heavy atom. The summed E-state index contributed by atoms with van der Waals surface area (Å²) in [5, 5.41) is 13.7. The van der Waals surface area contributed by atoms with E-state index in [9.17, 15) is 4.79 Å². The fourth-order valence-electron chi connectivity index (χ4n) is 3.49. The zero-order valence-corrected chi connectivity index (χ0v) is 22.1. The maximum Gasteiger partial charge on any atom is 0.246 e. The molecule has 182 valence electrons. The van der Waals surface area contributed by atoms with Crippen molar-refractivity contribution in [2.24, 2.45) is 4.99 Å². The number of carbonyl (C=O) groups is 1. The van der Waals surface area contributed by atoms with Crippen LogP contribution in [-0.2, 0) is 17.9 Å². The molecule has 34 heavy (non-hydrogen) atoms. The van der Waals surface area contributed by atoms with Gasteiger partial charge < -0.3 is 20.9 Å². The van der Waals surface area contributed by atoms with E-state index in [0.717, 1.165) is 43.3 Å². The normalized spacial score (nSPS) is 10.8. The summed E-state index contributed by atoms with van der Waals surface area (Å²) < 4.78 is 1.59. The third kappa shape index (κ3) is 9.05. The molecule has 2 aromatic carbocycles.